The second-order valence-corrected chi connectivity index (χ2v) is 5.67. The summed E-state index contributed by atoms with van der Waals surface area (Å²) in [7, 11) is 1.00. The number of fused-ring (bicyclic) bond motifs is 1. The van der Waals surface area contributed by atoms with Crippen LogP contribution < -0.4 is 11.0 Å². The maximum absolute atomic E-state index is 12.8. The molecule has 26 heavy (non-hydrogen) atoms. The molecule has 0 spiro atoms. The van der Waals surface area contributed by atoms with Gasteiger partial charge in [0.15, 0.2) is 0 Å². The highest BCUT2D eigenvalue weighted by Gasteiger charge is 2.37. The summed E-state index contributed by atoms with van der Waals surface area (Å²) in [6, 6.07) is 12.6. The van der Waals surface area contributed by atoms with Crippen molar-refractivity contribution in [2.45, 2.75) is 12.7 Å². The van der Waals surface area contributed by atoms with E-state index in [1.54, 1.807) is 12.1 Å². The number of hydrogen-bond donors (Lipinski definition) is 1. The molecular formula is C17H15F3N4O2. The van der Waals surface area contributed by atoms with E-state index in [-0.39, 0.29) is 19.0 Å². The van der Waals surface area contributed by atoms with E-state index in [1.807, 2.05) is 30.3 Å². The predicted octanol–water partition coefficient (Wildman–Crippen LogP) is 2.18. The molecule has 0 unspecified atom stereocenters. The van der Waals surface area contributed by atoms with Crippen LogP contribution in [-0.2, 0) is 19.8 Å². The highest BCUT2D eigenvalue weighted by atomic mass is 19.4. The average molecular weight is 364 g/mol. The SMILES string of the molecule is Cn1c(C(F)(F)F)nn(CCNC(=O)c2cccc3ccccc23)c1=O. The molecule has 1 amide bonds. The minimum Gasteiger partial charge on any atom is -0.350 e. The lowest BCUT2D eigenvalue weighted by molar-refractivity contribution is -0.147. The monoisotopic (exact) mass is 364 g/mol. The summed E-state index contributed by atoms with van der Waals surface area (Å²) in [4.78, 5) is 24.2. The molecular weight excluding hydrogens is 349 g/mol. The van der Waals surface area contributed by atoms with Crippen molar-refractivity contribution in [3.63, 3.8) is 0 Å². The lowest BCUT2D eigenvalue weighted by atomic mass is 10.0. The summed E-state index contributed by atoms with van der Waals surface area (Å²) in [6.45, 7) is -0.199. The van der Waals surface area contributed by atoms with E-state index in [2.05, 4.69) is 10.4 Å². The van der Waals surface area contributed by atoms with Crippen LogP contribution in [0.3, 0.4) is 0 Å². The topological polar surface area (TPSA) is 68.9 Å². The lowest BCUT2D eigenvalue weighted by Crippen LogP contribution is -2.31. The van der Waals surface area contributed by atoms with E-state index < -0.39 is 17.7 Å². The van der Waals surface area contributed by atoms with Crippen molar-refractivity contribution in [3.05, 3.63) is 64.3 Å². The Bertz CT molecular complexity index is 1020. The Labute approximate surface area is 145 Å². The third-order valence-electron chi connectivity index (χ3n) is 3.94. The van der Waals surface area contributed by atoms with Gasteiger partial charge in [0.2, 0.25) is 5.82 Å². The number of nitrogens with one attached hydrogen (secondary N) is 1. The molecule has 136 valence electrons. The molecule has 0 saturated carbocycles. The smallest absolute Gasteiger partial charge is 0.350 e. The van der Waals surface area contributed by atoms with Gasteiger partial charge in [-0.2, -0.15) is 13.2 Å². The first-order valence-corrected chi connectivity index (χ1v) is 7.76. The summed E-state index contributed by atoms with van der Waals surface area (Å²) in [6.07, 6.45) is -4.72. The highest BCUT2D eigenvalue weighted by molar-refractivity contribution is 6.06. The van der Waals surface area contributed by atoms with Crippen LogP contribution in [0, 0.1) is 0 Å². The molecule has 6 nitrogen and oxygen atoms in total. The number of benzene rings is 2. The normalized spacial score (nSPS) is 11.7. The van der Waals surface area contributed by atoms with Crippen LogP contribution in [0.2, 0.25) is 0 Å². The van der Waals surface area contributed by atoms with Gasteiger partial charge in [-0.05, 0) is 16.8 Å². The molecule has 3 aromatic rings. The predicted molar refractivity (Wildman–Crippen MR) is 88.8 cm³/mol. The van der Waals surface area contributed by atoms with Gasteiger partial charge in [-0.25, -0.2) is 9.48 Å². The Morgan fingerprint density at radius 3 is 2.54 bits per heavy atom. The zero-order chi connectivity index (χ0) is 18.9. The number of amides is 1. The van der Waals surface area contributed by atoms with Crippen LogP contribution in [0.15, 0.2) is 47.3 Å². The number of rotatable bonds is 4. The maximum atomic E-state index is 12.8. The van der Waals surface area contributed by atoms with Crippen LogP contribution in [0.25, 0.3) is 10.8 Å². The van der Waals surface area contributed by atoms with Gasteiger partial charge >= 0.3 is 11.9 Å². The molecule has 1 N–H and O–H groups in total. The summed E-state index contributed by atoms with van der Waals surface area (Å²) < 4.78 is 39.4. The van der Waals surface area contributed by atoms with E-state index in [0.717, 1.165) is 17.8 Å². The quantitative estimate of drug-likeness (QED) is 0.772. The van der Waals surface area contributed by atoms with Gasteiger partial charge in [0.05, 0.1) is 6.54 Å². The fourth-order valence-corrected chi connectivity index (χ4v) is 2.67. The number of carbonyl (C=O) groups excluding carboxylic acids is 1. The number of nitrogens with zero attached hydrogens (tertiary/aromatic N) is 3. The number of hydrogen-bond acceptors (Lipinski definition) is 3. The molecule has 3 rings (SSSR count). The first kappa shape index (κ1) is 17.7. The van der Waals surface area contributed by atoms with Gasteiger partial charge in [0.25, 0.3) is 5.91 Å². The molecule has 1 heterocycles. The van der Waals surface area contributed by atoms with Crippen molar-refractivity contribution in [2.75, 3.05) is 6.54 Å². The van der Waals surface area contributed by atoms with Gasteiger partial charge in [0.1, 0.15) is 0 Å². The first-order valence-electron chi connectivity index (χ1n) is 7.76. The minimum absolute atomic E-state index is 0.0315. The second-order valence-electron chi connectivity index (χ2n) is 5.67. The van der Waals surface area contributed by atoms with Gasteiger partial charge in [0, 0.05) is 19.2 Å². The van der Waals surface area contributed by atoms with E-state index in [1.165, 1.54) is 0 Å². The largest absolute Gasteiger partial charge is 0.451 e. The van der Waals surface area contributed by atoms with E-state index >= 15 is 0 Å². The molecule has 0 aliphatic rings. The number of carbonyl (C=O) groups is 1. The van der Waals surface area contributed by atoms with Crippen LogP contribution in [0.4, 0.5) is 13.2 Å². The van der Waals surface area contributed by atoms with E-state index in [9.17, 15) is 22.8 Å². The first-order chi connectivity index (χ1) is 12.3. The lowest BCUT2D eigenvalue weighted by Gasteiger charge is -2.08. The van der Waals surface area contributed by atoms with Gasteiger partial charge in [-0.3, -0.25) is 9.36 Å². The summed E-state index contributed by atoms with van der Waals surface area (Å²) in [5, 5.41) is 7.56. The molecule has 0 bridgehead atoms. The Morgan fingerprint density at radius 2 is 1.85 bits per heavy atom. The number of aromatic nitrogens is 3. The third kappa shape index (κ3) is 3.32. The Hall–Kier alpha value is -3.10. The summed E-state index contributed by atoms with van der Waals surface area (Å²) in [5.74, 6) is -1.65. The van der Waals surface area contributed by atoms with Gasteiger partial charge in [-0.15, -0.1) is 5.10 Å². The van der Waals surface area contributed by atoms with Crippen LogP contribution in [-0.4, -0.2) is 26.8 Å². The van der Waals surface area contributed by atoms with Crippen molar-refractivity contribution in [1.82, 2.24) is 19.7 Å². The highest BCUT2D eigenvalue weighted by Crippen LogP contribution is 2.26. The number of halogens is 3. The summed E-state index contributed by atoms with van der Waals surface area (Å²) >= 11 is 0. The standard InChI is InChI=1S/C17H15F3N4O2/c1-23-15(17(18,19)20)22-24(16(23)26)10-9-21-14(25)13-8-4-6-11-5-2-3-7-12(11)13/h2-8H,9-10H2,1H3,(H,21,25). The fourth-order valence-electron chi connectivity index (χ4n) is 2.67. The number of alkyl halides is 3. The maximum Gasteiger partial charge on any atom is 0.451 e. The zero-order valence-electron chi connectivity index (χ0n) is 13.7. The van der Waals surface area contributed by atoms with Gasteiger partial charge in [-0.1, -0.05) is 36.4 Å². The molecule has 0 saturated heterocycles. The molecule has 1 aromatic heterocycles. The van der Waals surface area contributed by atoms with Crippen LogP contribution in [0.1, 0.15) is 16.2 Å². The zero-order valence-corrected chi connectivity index (χ0v) is 13.7. The van der Waals surface area contributed by atoms with Crippen LogP contribution in [0.5, 0.6) is 0 Å². The van der Waals surface area contributed by atoms with Crippen molar-refractivity contribution >= 4 is 16.7 Å². The molecule has 0 fully saturated rings. The van der Waals surface area contributed by atoms with E-state index in [4.69, 9.17) is 0 Å². The Balaban J connectivity index is 1.72. The summed E-state index contributed by atoms with van der Waals surface area (Å²) in [5.41, 5.74) is -0.441. The van der Waals surface area contributed by atoms with Crippen LogP contribution >= 0.6 is 0 Å². The van der Waals surface area contributed by atoms with Crippen molar-refractivity contribution in [1.29, 1.82) is 0 Å². The minimum atomic E-state index is -4.72. The molecule has 2 aromatic carbocycles. The second kappa shape index (κ2) is 6.66. The van der Waals surface area contributed by atoms with Crippen molar-refractivity contribution < 1.29 is 18.0 Å². The molecule has 0 aliphatic heterocycles. The van der Waals surface area contributed by atoms with Crippen molar-refractivity contribution in [2.24, 2.45) is 7.05 Å². The van der Waals surface area contributed by atoms with E-state index in [0.29, 0.717) is 14.8 Å². The average Bonchev–Trinajstić information content (AvgIpc) is 2.89. The van der Waals surface area contributed by atoms with Gasteiger partial charge < -0.3 is 5.32 Å². The molecule has 0 radical (unpaired) electrons. The third-order valence-corrected chi connectivity index (χ3v) is 3.94. The Kier molecular flexibility index (Phi) is 4.54. The molecule has 0 aliphatic carbocycles. The Morgan fingerprint density at radius 1 is 1.15 bits per heavy atom. The fraction of sp³-hybridized carbons (Fsp3) is 0.235. The molecule has 9 heteroatoms. The molecule has 0 atom stereocenters. The van der Waals surface area contributed by atoms with Crippen molar-refractivity contribution in [3.8, 4) is 0 Å².